The average molecular weight is 419 g/mol. The molecule has 30 heavy (non-hydrogen) atoms. The maximum absolute atomic E-state index is 15.5. The topological polar surface area (TPSA) is 97.8 Å². The molecule has 10 heteroatoms. The fourth-order valence-corrected chi connectivity index (χ4v) is 3.63. The van der Waals surface area contributed by atoms with Crippen molar-refractivity contribution in [1.29, 1.82) is 0 Å². The molecule has 0 atom stereocenters. The number of halogens is 3. The molecule has 0 radical (unpaired) electrons. The molecule has 0 saturated carbocycles. The lowest BCUT2D eigenvalue weighted by Crippen LogP contribution is -2.66. The number of fused-ring (bicyclic) bond motifs is 1. The molecular formula is C20H16F3N3O4. The zero-order valence-corrected chi connectivity index (χ0v) is 15.7. The zero-order valence-electron chi connectivity index (χ0n) is 15.7. The van der Waals surface area contributed by atoms with E-state index >= 15 is 4.39 Å². The molecule has 3 N–H and O–H groups in total. The summed E-state index contributed by atoms with van der Waals surface area (Å²) in [5.41, 5.74) is 3.89. The van der Waals surface area contributed by atoms with Gasteiger partial charge in [-0.1, -0.05) is 0 Å². The lowest BCUT2D eigenvalue weighted by atomic mass is 9.92. The van der Waals surface area contributed by atoms with E-state index in [-0.39, 0.29) is 30.0 Å². The second-order valence-electron chi connectivity index (χ2n) is 7.46. The molecule has 1 aliphatic heterocycles. The highest BCUT2D eigenvalue weighted by Gasteiger charge is 2.38. The van der Waals surface area contributed by atoms with Gasteiger partial charge >= 0.3 is 6.16 Å². The van der Waals surface area contributed by atoms with Gasteiger partial charge in [-0.25, -0.2) is 18.0 Å². The summed E-state index contributed by atoms with van der Waals surface area (Å²) in [6, 6.07) is 5.64. The monoisotopic (exact) mass is 419 g/mol. The first kappa shape index (κ1) is 19.8. The summed E-state index contributed by atoms with van der Waals surface area (Å²) in [7, 11) is 0. The van der Waals surface area contributed by atoms with Crippen LogP contribution >= 0.6 is 0 Å². The molecule has 2 heterocycles. The Morgan fingerprint density at radius 3 is 2.40 bits per heavy atom. The van der Waals surface area contributed by atoms with Gasteiger partial charge in [0.25, 0.3) is 0 Å². The summed E-state index contributed by atoms with van der Waals surface area (Å²) in [5.74, 6) is -3.22. The van der Waals surface area contributed by atoms with Gasteiger partial charge in [-0.2, -0.15) is 0 Å². The Hall–Kier alpha value is -3.53. The van der Waals surface area contributed by atoms with Gasteiger partial charge in [-0.05, 0) is 37.3 Å². The fourth-order valence-electron chi connectivity index (χ4n) is 3.63. The number of nitrogens with zero attached hydrogens (tertiary/aromatic N) is 2. The summed E-state index contributed by atoms with van der Waals surface area (Å²) in [4.78, 5) is 25.0. The van der Waals surface area contributed by atoms with Crippen molar-refractivity contribution < 1.29 is 27.8 Å². The number of benzene rings is 2. The van der Waals surface area contributed by atoms with Gasteiger partial charge in [0.1, 0.15) is 17.3 Å². The Morgan fingerprint density at radius 1 is 1.20 bits per heavy atom. The Morgan fingerprint density at radius 2 is 1.83 bits per heavy atom. The number of ether oxygens (including phenoxy) is 1. The quantitative estimate of drug-likeness (QED) is 0.634. The minimum atomic E-state index is -1.77. The van der Waals surface area contributed by atoms with E-state index in [0.717, 1.165) is 29.0 Å². The van der Waals surface area contributed by atoms with E-state index in [9.17, 15) is 18.4 Å². The molecule has 1 aliphatic rings. The van der Waals surface area contributed by atoms with E-state index in [2.05, 4.69) is 4.74 Å². The minimum absolute atomic E-state index is 0.202. The third-order valence-electron chi connectivity index (χ3n) is 4.85. The van der Waals surface area contributed by atoms with Crippen LogP contribution in [0.5, 0.6) is 5.75 Å². The molecule has 0 bridgehead atoms. The number of hydrogen-bond acceptors (Lipinski definition) is 5. The van der Waals surface area contributed by atoms with Crippen LogP contribution in [0.15, 0.2) is 41.3 Å². The van der Waals surface area contributed by atoms with Crippen LogP contribution in [0.2, 0.25) is 0 Å². The Balaban J connectivity index is 2.03. The van der Waals surface area contributed by atoms with Crippen LogP contribution in [-0.4, -0.2) is 34.5 Å². The number of nitrogens with two attached hydrogens (primary N) is 1. The summed E-state index contributed by atoms with van der Waals surface area (Å²) in [5, 5.41) is 8.47. The Kier molecular flexibility index (Phi) is 4.46. The first-order chi connectivity index (χ1) is 14.1. The molecule has 3 aromatic rings. The summed E-state index contributed by atoms with van der Waals surface area (Å²) >= 11 is 0. The normalized spacial score (nSPS) is 15.2. The van der Waals surface area contributed by atoms with Crippen molar-refractivity contribution in [3.63, 3.8) is 0 Å². The highest BCUT2D eigenvalue weighted by molar-refractivity contribution is 5.87. The zero-order chi connectivity index (χ0) is 21.8. The molecular weight excluding hydrogens is 403 g/mol. The summed E-state index contributed by atoms with van der Waals surface area (Å²) in [6.07, 6.45) is -0.794. The van der Waals surface area contributed by atoms with Gasteiger partial charge < -0.3 is 25.0 Å². The molecule has 7 nitrogen and oxygen atoms in total. The highest BCUT2D eigenvalue weighted by atomic mass is 19.1. The van der Waals surface area contributed by atoms with Gasteiger partial charge in [-0.15, -0.1) is 0 Å². The molecule has 1 saturated heterocycles. The van der Waals surface area contributed by atoms with Crippen molar-refractivity contribution in [2.45, 2.75) is 12.5 Å². The smallest absolute Gasteiger partial charge is 0.449 e. The molecule has 4 rings (SSSR count). The number of aromatic nitrogens is 1. The van der Waals surface area contributed by atoms with E-state index in [4.69, 9.17) is 10.8 Å². The van der Waals surface area contributed by atoms with Crippen LogP contribution in [0.3, 0.4) is 0 Å². The molecule has 0 aliphatic carbocycles. The van der Waals surface area contributed by atoms with Crippen LogP contribution in [0, 0.1) is 17.5 Å². The van der Waals surface area contributed by atoms with Gasteiger partial charge in [0.2, 0.25) is 5.43 Å². The lowest BCUT2D eigenvalue weighted by molar-refractivity contribution is 0.144. The SMILES string of the molecule is CC1(N)CN(c2c(F)cc3c(=O)c(OC(=O)O)cn(-c4ccc(F)cc4)c3c2F)C1. The summed E-state index contributed by atoms with van der Waals surface area (Å²) < 4.78 is 49.3. The van der Waals surface area contributed by atoms with Crippen LogP contribution < -0.4 is 20.8 Å². The van der Waals surface area contributed by atoms with E-state index in [1.165, 1.54) is 17.0 Å². The van der Waals surface area contributed by atoms with Gasteiger partial charge in [-0.3, -0.25) is 4.79 Å². The van der Waals surface area contributed by atoms with E-state index in [0.29, 0.717) is 0 Å². The maximum atomic E-state index is 15.5. The summed E-state index contributed by atoms with van der Waals surface area (Å²) in [6.45, 7) is 2.14. The molecule has 0 amide bonds. The van der Waals surface area contributed by atoms with Gasteiger partial charge in [0, 0.05) is 24.3 Å². The van der Waals surface area contributed by atoms with Crippen LogP contribution in [0.4, 0.5) is 23.7 Å². The first-order valence-corrected chi connectivity index (χ1v) is 8.85. The van der Waals surface area contributed by atoms with E-state index in [1.807, 2.05) is 0 Å². The molecule has 1 fully saturated rings. The fraction of sp³-hybridized carbons (Fsp3) is 0.200. The third kappa shape index (κ3) is 3.24. The van der Waals surface area contributed by atoms with Crippen molar-refractivity contribution >= 4 is 22.7 Å². The Bertz CT molecular complexity index is 1230. The molecule has 0 spiro atoms. The second kappa shape index (κ2) is 6.77. The average Bonchev–Trinajstić information content (AvgIpc) is 2.63. The largest absolute Gasteiger partial charge is 0.511 e. The molecule has 156 valence electrons. The minimum Gasteiger partial charge on any atom is -0.449 e. The maximum Gasteiger partial charge on any atom is 0.511 e. The number of anilines is 1. The van der Waals surface area contributed by atoms with Gasteiger partial charge in [0.05, 0.1) is 17.1 Å². The van der Waals surface area contributed by atoms with Crippen molar-refractivity contribution in [2.75, 3.05) is 18.0 Å². The van der Waals surface area contributed by atoms with Crippen molar-refractivity contribution in [2.24, 2.45) is 5.73 Å². The van der Waals surface area contributed by atoms with Crippen LogP contribution in [0.1, 0.15) is 6.92 Å². The third-order valence-corrected chi connectivity index (χ3v) is 4.85. The second-order valence-corrected chi connectivity index (χ2v) is 7.46. The number of rotatable bonds is 3. The van der Waals surface area contributed by atoms with Crippen molar-refractivity contribution in [1.82, 2.24) is 4.57 Å². The molecule has 0 unspecified atom stereocenters. The predicted octanol–water partition coefficient (Wildman–Crippen LogP) is 3.00. The van der Waals surface area contributed by atoms with Crippen molar-refractivity contribution in [3.8, 4) is 11.4 Å². The van der Waals surface area contributed by atoms with E-state index in [1.54, 1.807) is 6.92 Å². The first-order valence-electron chi connectivity index (χ1n) is 8.85. The number of hydrogen-bond donors (Lipinski definition) is 2. The molecule has 2 aromatic carbocycles. The van der Waals surface area contributed by atoms with Crippen molar-refractivity contribution in [3.05, 3.63) is 64.2 Å². The standard InChI is InChI=1S/C20H16F3N3O4/c1-20(24)8-25(9-20)17-13(22)6-12-16(15(17)23)26(11-4-2-10(21)3-5-11)7-14(18(12)27)30-19(28)29/h2-7H,8-9,24H2,1H3,(H,28,29). The predicted molar refractivity (Wildman–Crippen MR) is 103 cm³/mol. The van der Waals surface area contributed by atoms with Crippen LogP contribution in [-0.2, 0) is 0 Å². The van der Waals surface area contributed by atoms with Crippen LogP contribution in [0.25, 0.3) is 16.6 Å². The Labute approximate surface area is 167 Å². The number of carboxylic acid groups (broad SMARTS) is 1. The van der Waals surface area contributed by atoms with Gasteiger partial charge in [0.15, 0.2) is 11.6 Å². The number of pyridine rings is 1. The highest BCUT2D eigenvalue weighted by Crippen LogP contribution is 2.35. The number of carbonyl (C=O) groups is 1. The van der Waals surface area contributed by atoms with E-state index < -0.39 is 45.7 Å². The molecule has 1 aromatic heterocycles. The lowest BCUT2D eigenvalue weighted by Gasteiger charge is -2.47.